The summed E-state index contributed by atoms with van der Waals surface area (Å²) in [5.41, 5.74) is 0.635. The quantitative estimate of drug-likeness (QED) is 0.818. The van der Waals surface area contributed by atoms with Crippen LogP contribution in [0.25, 0.3) is 0 Å². The zero-order valence-corrected chi connectivity index (χ0v) is 13.7. The summed E-state index contributed by atoms with van der Waals surface area (Å²) in [5.74, 6) is -0.0788. The molecule has 5 heteroatoms. The van der Waals surface area contributed by atoms with Gasteiger partial charge in [-0.15, -0.1) is 0 Å². The first kappa shape index (κ1) is 15.7. The minimum Gasteiger partial charge on any atom is -0.383 e. The molecule has 3 nitrogen and oxygen atoms in total. The predicted molar refractivity (Wildman–Crippen MR) is 79.9 cm³/mol. The smallest absolute Gasteiger partial charge is 0.252 e. The van der Waals surface area contributed by atoms with Crippen molar-refractivity contribution in [2.75, 3.05) is 13.7 Å². The van der Waals surface area contributed by atoms with Crippen LogP contribution in [0.3, 0.4) is 0 Å². The number of nitrogens with one attached hydrogen (secondary N) is 1. The maximum atomic E-state index is 12.1. The fourth-order valence-electron chi connectivity index (χ4n) is 1.68. The van der Waals surface area contributed by atoms with Gasteiger partial charge in [0.25, 0.3) is 5.91 Å². The van der Waals surface area contributed by atoms with Gasteiger partial charge in [0.1, 0.15) is 0 Å². The van der Waals surface area contributed by atoms with Crippen molar-refractivity contribution in [1.82, 2.24) is 5.32 Å². The summed E-state index contributed by atoms with van der Waals surface area (Å²) in [6, 6.07) is 5.56. The summed E-state index contributed by atoms with van der Waals surface area (Å²) in [4.78, 5) is 12.1. The Bertz CT molecular complexity index is 404. The number of hydrogen-bond donors (Lipinski definition) is 1. The SMILES string of the molecule is CCCC(COC)NC(=O)c1ccc(Br)cc1Br. The predicted octanol–water partition coefficient (Wildman–Crippen LogP) is 3.76. The second kappa shape index (κ2) is 7.92. The average molecular weight is 379 g/mol. The van der Waals surface area contributed by atoms with E-state index in [1.807, 2.05) is 12.1 Å². The number of methoxy groups -OCH3 is 1. The van der Waals surface area contributed by atoms with Gasteiger partial charge in [-0.2, -0.15) is 0 Å². The number of carbonyl (C=O) groups is 1. The Morgan fingerprint density at radius 2 is 2.17 bits per heavy atom. The second-order valence-electron chi connectivity index (χ2n) is 4.04. The van der Waals surface area contributed by atoms with Crippen molar-refractivity contribution in [2.24, 2.45) is 0 Å². The van der Waals surface area contributed by atoms with E-state index in [0.717, 1.165) is 21.8 Å². The molecule has 0 aliphatic carbocycles. The number of amides is 1. The molecular weight excluding hydrogens is 362 g/mol. The third kappa shape index (κ3) is 4.71. The maximum absolute atomic E-state index is 12.1. The van der Waals surface area contributed by atoms with Gasteiger partial charge in [-0.1, -0.05) is 29.3 Å². The van der Waals surface area contributed by atoms with Crippen LogP contribution in [0.5, 0.6) is 0 Å². The van der Waals surface area contributed by atoms with Crippen molar-refractivity contribution < 1.29 is 9.53 Å². The van der Waals surface area contributed by atoms with Crippen LogP contribution in [-0.2, 0) is 4.74 Å². The van der Waals surface area contributed by atoms with E-state index in [4.69, 9.17) is 4.74 Å². The Labute approximate surface area is 125 Å². The lowest BCUT2D eigenvalue weighted by Crippen LogP contribution is -2.38. The highest BCUT2D eigenvalue weighted by Crippen LogP contribution is 2.22. The molecule has 0 aliphatic rings. The van der Waals surface area contributed by atoms with E-state index in [9.17, 15) is 4.79 Å². The molecule has 0 saturated carbocycles. The maximum Gasteiger partial charge on any atom is 0.252 e. The summed E-state index contributed by atoms with van der Waals surface area (Å²) < 4.78 is 6.83. The van der Waals surface area contributed by atoms with Gasteiger partial charge >= 0.3 is 0 Å². The van der Waals surface area contributed by atoms with Gasteiger partial charge < -0.3 is 10.1 Å². The van der Waals surface area contributed by atoms with Crippen LogP contribution >= 0.6 is 31.9 Å². The topological polar surface area (TPSA) is 38.3 Å². The van der Waals surface area contributed by atoms with Gasteiger partial charge in [-0.25, -0.2) is 0 Å². The number of halogens is 2. The van der Waals surface area contributed by atoms with Crippen LogP contribution in [0.2, 0.25) is 0 Å². The minimum absolute atomic E-state index is 0.0584. The normalized spacial score (nSPS) is 12.2. The Morgan fingerprint density at radius 3 is 2.72 bits per heavy atom. The average Bonchev–Trinajstić information content (AvgIpc) is 2.29. The molecule has 0 saturated heterocycles. The fourth-order valence-corrected chi connectivity index (χ4v) is 2.91. The monoisotopic (exact) mass is 377 g/mol. The molecule has 1 unspecified atom stereocenters. The van der Waals surface area contributed by atoms with Crippen molar-refractivity contribution >= 4 is 37.8 Å². The molecule has 1 atom stereocenters. The highest BCUT2D eigenvalue weighted by molar-refractivity contribution is 9.11. The largest absolute Gasteiger partial charge is 0.383 e. The summed E-state index contributed by atoms with van der Waals surface area (Å²) in [6.07, 6.45) is 1.92. The number of benzene rings is 1. The van der Waals surface area contributed by atoms with E-state index in [1.165, 1.54) is 0 Å². The first-order valence-corrected chi connectivity index (χ1v) is 7.42. The van der Waals surface area contributed by atoms with E-state index < -0.39 is 0 Å². The lowest BCUT2D eigenvalue weighted by Gasteiger charge is -2.17. The van der Waals surface area contributed by atoms with Gasteiger partial charge in [0.15, 0.2) is 0 Å². The zero-order valence-electron chi connectivity index (χ0n) is 10.5. The molecule has 0 radical (unpaired) electrons. The summed E-state index contributed by atoms with van der Waals surface area (Å²) in [7, 11) is 1.64. The molecular formula is C13H17Br2NO2. The van der Waals surface area contributed by atoms with Gasteiger partial charge in [0.05, 0.1) is 18.2 Å². The third-order valence-corrected chi connectivity index (χ3v) is 3.67. The third-order valence-electron chi connectivity index (χ3n) is 2.52. The standard InChI is InChI=1S/C13H17Br2NO2/c1-3-4-10(8-18-2)16-13(17)11-6-5-9(14)7-12(11)15/h5-7,10H,3-4,8H2,1-2H3,(H,16,17). The Kier molecular flexibility index (Phi) is 6.89. The summed E-state index contributed by atoms with van der Waals surface area (Å²) in [5, 5.41) is 2.99. The van der Waals surface area contributed by atoms with Gasteiger partial charge in [0.2, 0.25) is 0 Å². The highest BCUT2D eigenvalue weighted by Gasteiger charge is 2.15. The number of carbonyl (C=O) groups excluding carboxylic acids is 1. The van der Waals surface area contributed by atoms with Gasteiger partial charge in [-0.3, -0.25) is 4.79 Å². The molecule has 100 valence electrons. The molecule has 0 heterocycles. The van der Waals surface area contributed by atoms with Gasteiger partial charge in [-0.05, 0) is 40.5 Å². The van der Waals surface area contributed by atoms with Crippen molar-refractivity contribution in [3.05, 3.63) is 32.7 Å². The van der Waals surface area contributed by atoms with E-state index in [2.05, 4.69) is 44.1 Å². The number of rotatable bonds is 6. The number of hydrogen-bond acceptors (Lipinski definition) is 2. The van der Waals surface area contributed by atoms with Crippen LogP contribution < -0.4 is 5.32 Å². The van der Waals surface area contributed by atoms with E-state index >= 15 is 0 Å². The van der Waals surface area contributed by atoms with Crippen molar-refractivity contribution in [3.8, 4) is 0 Å². The molecule has 1 rings (SSSR count). The second-order valence-corrected chi connectivity index (χ2v) is 5.81. The molecule has 0 aromatic heterocycles. The molecule has 0 fully saturated rings. The minimum atomic E-state index is -0.0788. The van der Waals surface area contributed by atoms with Crippen LogP contribution in [-0.4, -0.2) is 25.7 Å². The molecule has 1 aromatic carbocycles. The van der Waals surface area contributed by atoms with Crippen LogP contribution in [0, 0.1) is 0 Å². The fraction of sp³-hybridized carbons (Fsp3) is 0.462. The summed E-state index contributed by atoms with van der Waals surface area (Å²) >= 11 is 6.76. The van der Waals surface area contributed by atoms with E-state index in [0.29, 0.717) is 12.2 Å². The molecule has 0 spiro atoms. The molecule has 0 aliphatic heterocycles. The summed E-state index contributed by atoms with van der Waals surface area (Å²) in [6.45, 7) is 2.62. The Balaban J connectivity index is 2.73. The molecule has 18 heavy (non-hydrogen) atoms. The molecule has 0 bridgehead atoms. The van der Waals surface area contributed by atoms with Crippen LogP contribution in [0.15, 0.2) is 27.1 Å². The van der Waals surface area contributed by atoms with Gasteiger partial charge in [0, 0.05) is 16.1 Å². The lowest BCUT2D eigenvalue weighted by atomic mass is 10.1. The first-order valence-electron chi connectivity index (χ1n) is 5.83. The van der Waals surface area contributed by atoms with Crippen molar-refractivity contribution in [3.63, 3.8) is 0 Å². The molecule has 1 N–H and O–H groups in total. The van der Waals surface area contributed by atoms with Crippen molar-refractivity contribution in [1.29, 1.82) is 0 Å². The first-order chi connectivity index (χ1) is 8.58. The van der Waals surface area contributed by atoms with E-state index in [-0.39, 0.29) is 11.9 Å². The van der Waals surface area contributed by atoms with Crippen LogP contribution in [0.4, 0.5) is 0 Å². The van der Waals surface area contributed by atoms with Crippen molar-refractivity contribution in [2.45, 2.75) is 25.8 Å². The Morgan fingerprint density at radius 1 is 1.44 bits per heavy atom. The molecule has 1 amide bonds. The van der Waals surface area contributed by atoms with Crippen LogP contribution in [0.1, 0.15) is 30.1 Å². The number of ether oxygens (including phenoxy) is 1. The zero-order chi connectivity index (χ0) is 13.5. The lowest BCUT2D eigenvalue weighted by molar-refractivity contribution is 0.0891. The Hall–Kier alpha value is -0.390. The van der Waals surface area contributed by atoms with E-state index in [1.54, 1.807) is 13.2 Å². The highest BCUT2D eigenvalue weighted by atomic mass is 79.9. The molecule has 1 aromatic rings.